The Balaban J connectivity index is 1.85. The first-order valence-corrected chi connectivity index (χ1v) is 9.39. The van der Waals surface area contributed by atoms with Crippen molar-refractivity contribution in [2.24, 2.45) is 10.7 Å². The number of nitrogens with two attached hydrogens (primary N) is 1. The van der Waals surface area contributed by atoms with E-state index in [9.17, 15) is 0 Å². The smallest absolute Gasteiger partial charge is 0.283 e. The Morgan fingerprint density at radius 1 is 1.13 bits per heavy atom. The minimum Gasteiger partial charge on any atom is -0.462 e. The summed E-state index contributed by atoms with van der Waals surface area (Å²) in [5.41, 5.74) is 9.31. The molecule has 2 aromatic carbocycles. The second-order valence-electron chi connectivity index (χ2n) is 6.92. The molecule has 7 heteroatoms. The van der Waals surface area contributed by atoms with Crippen LogP contribution >= 0.6 is 0 Å². The fourth-order valence-electron chi connectivity index (χ4n) is 3.96. The first kappa shape index (κ1) is 18.2. The van der Waals surface area contributed by atoms with Gasteiger partial charge in [-0.2, -0.15) is 0 Å². The van der Waals surface area contributed by atoms with Crippen molar-refractivity contribution in [3.8, 4) is 34.5 Å². The average Bonchev–Trinajstić information content (AvgIpc) is 3.17. The molecule has 0 fully saturated rings. The Morgan fingerprint density at radius 2 is 1.97 bits per heavy atom. The lowest BCUT2D eigenvalue weighted by Crippen LogP contribution is -2.32. The molecule has 0 aliphatic carbocycles. The standard InChI is InChI=1S/C23H18N4O3/c1-28-10-4-5-15-8-9-19-21(20(15)16-11-25-14-26-12-16)23(13-29-22(24)27-23)17-6-2-3-7-18(17)30-19/h2-3,6-9,11-12,14H,10,13H2,1H3,(H2,24,27). The molecule has 3 heterocycles. The highest BCUT2D eigenvalue weighted by molar-refractivity contribution is 5.83. The third-order valence-corrected chi connectivity index (χ3v) is 5.15. The van der Waals surface area contributed by atoms with Crippen LogP contribution in [0.3, 0.4) is 0 Å². The largest absolute Gasteiger partial charge is 0.462 e. The average molecular weight is 398 g/mol. The molecule has 2 aliphatic rings. The van der Waals surface area contributed by atoms with E-state index in [0.717, 1.165) is 33.6 Å². The van der Waals surface area contributed by atoms with Crippen molar-refractivity contribution >= 4 is 6.02 Å². The molecule has 1 atom stereocenters. The molecule has 7 nitrogen and oxygen atoms in total. The SMILES string of the molecule is COCC#Cc1ccc2c(c1-c1cncnc1)C1(COC(N)=N1)c1ccccc1O2. The van der Waals surface area contributed by atoms with E-state index in [0.29, 0.717) is 12.4 Å². The Labute approximate surface area is 173 Å². The summed E-state index contributed by atoms with van der Waals surface area (Å²) in [4.78, 5) is 13.2. The van der Waals surface area contributed by atoms with Crippen LogP contribution in [-0.2, 0) is 15.0 Å². The van der Waals surface area contributed by atoms with Crippen molar-refractivity contribution in [3.05, 3.63) is 71.8 Å². The van der Waals surface area contributed by atoms with Gasteiger partial charge in [0, 0.05) is 47.3 Å². The first-order chi connectivity index (χ1) is 14.7. The van der Waals surface area contributed by atoms with Gasteiger partial charge in [0.15, 0.2) is 5.54 Å². The van der Waals surface area contributed by atoms with Gasteiger partial charge >= 0.3 is 0 Å². The van der Waals surface area contributed by atoms with Crippen molar-refractivity contribution < 1.29 is 14.2 Å². The first-order valence-electron chi connectivity index (χ1n) is 9.39. The van der Waals surface area contributed by atoms with Crippen LogP contribution in [0.25, 0.3) is 11.1 Å². The number of hydrogen-bond donors (Lipinski definition) is 1. The number of nitrogens with zero attached hydrogens (tertiary/aromatic N) is 3. The predicted octanol–water partition coefficient (Wildman–Crippen LogP) is 2.84. The molecule has 3 aromatic rings. The van der Waals surface area contributed by atoms with Crippen LogP contribution in [0.15, 0.2) is 60.1 Å². The summed E-state index contributed by atoms with van der Waals surface area (Å²) in [6.45, 7) is 0.586. The topological polar surface area (TPSA) is 91.9 Å². The molecule has 2 N–H and O–H groups in total. The van der Waals surface area contributed by atoms with Gasteiger partial charge in [-0.3, -0.25) is 0 Å². The molecule has 1 aromatic heterocycles. The van der Waals surface area contributed by atoms with E-state index in [4.69, 9.17) is 24.9 Å². The van der Waals surface area contributed by atoms with Crippen LogP contribution < -0.4 is 10.5 Å². The molecule has 0 saturated carbocycles. The number of aliphatic imine (C=N–C) groups is 1. The van der Waals surface area contributed by atoms with Crippen LogP contribution in [0.4, 0.5) is 0 Å². The second kappa shape index (κ2) is 7.17. The summed E-state index contributed by atoms with van der Waals surface area (Å²) >= 11 is 0. The number of amidine groups is 1. The van der Waals surface area contributed by atoms with E-state index < -0.39 is 5.54 Å². The Morgan fingerprint density at radius 3 is 2.73 bits per heavy atom. The van der Waals surface area contributed by atoms with Crippen LogP contribution in [-0.4, -0.2) is 36.3 Å². The molecular weight excluding hydrogens is 380 g/mol. The fraction of sp³-hybridized carbons (Fsp3) is 0.174. The molecule has 148 valence electrons. The number of para-hydroxylation sites is 1. The number of hydrogen-bond acceptors (Lipinski definition) is 7. The summed E-state index contributed by atoms with van der Waals surface area (Å²) in [6, 6.07) is 11.8. The molecular formula is C23H18N4O3. The van der Waals surface area contributed by atoms with Crippen molar-refractivity contribution in [3.63, 3.8) is 0 Å². The van der Waals surface area contributed by atoms with Crippen molar-refractivity contribution in [1.29, 1.82) is 0 Å². The van der Waals surface area contributed by atoms with Gasteiger partial charge in [0.2, 0.25) is 0 Å². The van der Waals surface area contributed by atoms with Gasteiger partial charge in [-0.1, -0.05) is 30.0 Å². The zero-order chi connectivity index (χ0) is 20.6. The summed E-state index contributed by atoms with van der Waals surface area (Å²) < 4.78 is 17.0. The molecule has 0 bridgehead atoms. The third-order valence-electron chi connectivity index (χ3n) is 5.15. The number of ether oxygens (including phenoxy) is 3. The molecule has 30 heavy (non-hydrogen) atoms. The van der Waals surface area contributed by atoms with Gasteiger partial charge in [-0.05, 0) is 18.2 Å². The summed E-state index contributed by atoms with van der Waals surface area (Å²) in [6.07, 6.45) is 4.99. The molecule has 0 radical (unpaired) electrons. The predicted molar refractivity (Wildman–Crippen MR) is 111 cm³/mol. The van der Waals surface area contributed by atoms with Crippen LogP contribution in [0.5, 0.6) is 11.5 Å². The van der Waals surface area contributed by atoms with Gasteiger partial charge in [0.05, 0.1) is 0 Å². The van der Waals surface area contributed by atoms with Gasteiger partial charge in [-0.15, -0.1) is 0 Å². The summed E-state index contributed by atoms with van der Waals surface area (Å²) in [5, 5.41) is 0. The van der Waals surface area contributed by atoms with Gasteiger partial charge in [0.25, 0.3) is 6.02 Å². The van der Waals surface area contributed by atoms with Crippen LogP contribution in [0.2, 0.25) is 0 Å². The maximum atomic E-state index is 6.26. The molecule has 0 amide bonds. The Hall–Kier alpha value is -3.89. The fourth-order valence-corrected chi connectivity index (χ4v) is 3.96. The molecule has 1 unspecified atom stereocenters. The molecule has 2 aliphatic heterocycles. The summed E-state index contributed by atoms with van der Waals surface area (Å²) in [5.74, 6) is 7.62. The summed E-state index contributed by atoms with van der Waals surface area (Å²) in [7, 11) is 1.61. The lowest BCUT2D eigenvalue weighted by molar-refractivity contribution is 0.240. The number of aromatic nitrogens is 2. The zero-order valence-corrected chi connectivity index (χ0v) is 16.3. The van der Waals surface area contributed by atoms with Gasteiger partial charge in [-0.25, -0.2) is 15.0 Å². The number of rotatable bonds is 2. The van der Waals surface area contributed by atoms with Crippen LogP contribution in [0, 0.1) is 11.8 Å². The lowest BCUT2D eigenvalue weighted by Gasteiger charge is -2.35. The van der Waals surface area contributed by atoms with E-state index >= 15 is 0 Å². The second-order valence-corrected chi connectivity index (χ2v) is 6.92. The molecule has 5 rings (SSSR count). The molecule has 0 saturated heterocycles. The van der Waals surface area contributed by atoms with Crippen molar-refractivity contribution in [2.45, 2.75) is 5.54 Å². The Bertz CT molecular complexity index is 1210. The number of methoxy groups -OCH3 is 1. The monoisotopic (exact) mass is 398 g/mol. The van der Waals surface area contributed by atoms with Crippen LogP contribution in [0.1, 0.15) is 16.7 Å². The van der Waals surface area contributed by atoms with Gasteiger partial charge in [0.1, 0.15) is 31.0 Å². The van der Waals surface area contributed by atoms with Crippen molar-refractivity contribution in [2.75, 3.05) is 20.3 Å². The van der Waals surface area contributed by atoms with E-state index in [1.807, 2.05) is 36.4 Å². The molecule has 1 spiro atoms. The zero-order valence-electron chi connectivity index (χ0n) is 16.3. The number of fused-ring (bicyclic) bond motifs is 4. The highest BCUT2D eigenvalue weighted by Gasteiger charge is 2.48. The van der Waals surface area contributed by atoms with Crippen molar-refractivity contribution in [1.82, 2.24) is 9.97 Å². The third kappa shape index (κ3) is 2.78. The van der Waals surface area contributed by atoms with Gasteiger partial charge < -0.3 is 19.9 Å². The quantitative estimate of drug-likeness (QED) is 0.668. The Kier molecular flexibility index (Phi) is 4.34. The van der Waals surface area contributed by atoms with E-state index in [2.05, 4.69) is 21.8 Å². The normalized spacial score (nSPS) is 18.4. The minimum atomic E-state index is -0.849. The van der Waals surface area contributed by atoms with E-state index in [1.54, 1.807) is 19.5 Å². The number of benzene rings is 2. The minimum absolute atomic E-state index is 0.142. The highest BCUT2D eigenvalue weighted by atomic mass is 16.5. The lowest BCUT2D eigenvalue weighted by atomic mass is 9.76. The highest BCUT2D eigenvalue weighted by Crippen LogP contribution is 2.54. The maximum Gasteiger partial charge on any atom is 0.283 e. The van der Waals surface area contributed by atoms with E-state index in [-0.39, 0.29) is 12.6 Å². The maximum absolute atomic E-state index is 6.26. The van der Waals surface area contributed by atoms with E-state index in [1.165, 1.54) is 6.33 Å².